The molecule has 0 saturated heterocycles. The summed E-state index contributed by atoms with van der Waals surface area (Å²) in [6.07, 6.45) is 3.66. The number of hydrogen-bond acceptors (Lipinski definition) is 3. The van der Waals surface area contributed by atoms with Crippen LogP contribution in [0.5, 0.6) is 0 Å². The molecule has 3 heteroatoms. The summed E-state index contributed by atoms with van der Waals surface area (Å²) in [6.45, 7) is 10.6. The van der Waals surface area contributed by atoms with Crippen molar-refractivity contribution in [2.24, 2.45) is 5.92 Å². The Morgan fingerprint density at radius 2 is 2.18 bits per heavy atom. The van der Waals surface area contributed by atoms with Gasteiger partial charge in [-0.15, -0.1) is 0 Å². The van der Waals surface area contributed by atoms with Crippen LogP contribution in [0.1, 0.15) is 43.1 Å². The monoisotopic (exact) mass is 234 g/mol. The summed E-state index contributed by atoms with van der Waals surface area (Å²) in [5.74, 6) is 1.65. The Bertz CT molecular complexity index is 376. The fourth-order valence-electron chi connectivity index (χ4n) is 1.86. The van der Waals surface area contributed by atoms with Crippen LogP contribution in [-0.4, -0.2) is 24.4 Å². The van der Waals surface area contributed by atoms with Gasteiger partial charge in [0.15, 0.2) is 6.29 Å². The Morgan fingerprint density at radius 1 is 1.47 bits per heavy atom. The first-order chi connectivity index (χ1) is 8.12. The third-order valence-corrected chi connectivity index (χ3v) is 3.12. The third kappa shape index (κ3) is 3.55. The smallest absolute Gasteiger partial charge is 0.151 e. The molecule has 1 aromatic rings. The molecule has 1 heterocycles. The van der Waals surface area contributed by atoms with Gasteiger partial charge in [-0.3, -0.25) is 4.79 Å². The molecule has 0 aliphatic carbocycles. The van der Waals surface area contributed by atoms with Gasteiger partial charge >= 0.3 is 0 Å². The van der Waals surface area contributed by atoms with E-state index in [0.717, 1.165) is 30.8 Å². The lowest BCUT2D eigenvalue weighted by molar-refractivity contribution is 0.112. The molecule has 0 bridgehead atoms. The molecule has 0 fully saturated rings. The second kappa shape index (κ2) is 6.38. The van der Waals surface area contributed by atoms with Gasteiger partial charge in [-0.05, 0) is 31.4 Å². The molecule has 1 atom stereocenters. The van der Waals surface area contributed by atoms with Gasteiger partial charge in [0.05, 0.1) is 0 Å². The summed E-state index contributed by atoms with van der Waals surface area (Å²) in [5.41, 5.74) is 1.71. The first-order valence-electron chi connectivity index (χ1n) is 6.29. The number of pyridine rings is 1. The van der Waals surface area contributed by atoms with Crippen molar-refractivity contribution in [3.8, 4) is 0 Å². The van der Waals surface area contributed by atoms with Crippen molar-refractivity contribution in [1.29, 1.82) is 0 Å². The highest BCUT2D eigenvalue weighted by atomic mass is 16.1. The van der Waals surface area contributed by atoms with Gasteiger partial charge in [0, 0.05) is 24.8 Å². The van der Waals surface area contributed by atoms with E-state index in [0.29, 0.717) is 11.5 Å². The van der Waals surface area contributed by atoms with Gasteiger partial charge in [0.2, 0.25) is 0 Å². The van der Waals surface area contributed by atoms with E-state index in [1.807, 2.05) is 13.0 Å². The van der Waals surface area contributed by atoms with E-state index >= 15 is 0 Å². The van der Waals surface area contributed by atoms with Crippen molar-refractivity contribution in [1.82, 2.24) is 4.98 Å². The van der Waals surface area contributed by atoms with Crippen LogP contribution in [0, 0.1) is 12.8 Å². The molecule has 0 amide bonds. The van der Waals surface area contributed by atoms with Gasteiger partial charge in [-0.2, -0.15) is 0 Å². The minimum absolute atomic E-state index is 0.644. The van der Waals surface area contributed by atoms with Crippen LogP contribution in [0.3, 0.4) is 0 Å². The Labute approximate surface area is 104 Å². The van der Waals surface area contributed by atoms with Crippen LogP contribution in [0.4, 0.5) is 5.82 Å². The van der Waals surface area contributed by atoms with Crippen LogP contribution < -0.4 is 4.90 Å². The number of carbonyl (C=O) groups excluding carboxylic acids is 1. The number of anilines is 1. The molecule has 0 spiro atoms. The zero-order chi connectivity index (χ0) is 12.8. The zero-order valence-electron chi connectivity index (χ0n) is 11.2. The summed E-state index contributed by atoms with van der Waals surface area (Å²) >= 11 is 0. The summed E-state index contributed by atoms with van der Waals surface area (Å²) < 4.78 is 0. The molecule has 3 nitrogen and oxygen atoms in total. The van der Waals surface area contributed by atoms with E-state index < -0.39 is 0 Å². The first-order valence-corrected chi connectivity index (χ1v) is 6.29. The fourth-order valence-corrected chi connectivity index (χ4v) is 1.86. The van der Waals surface area contributed by atoms with E-state index in [1.165, 1.54) is 6.42 Å². The molecule has 0 aromatic carbocycles. The molecule has 17 heavy (non-hydrogen) atoms. The highest BCUT2D eigenvalue weighted by Crippen LogP contribution is 2.19. The SMILES string of the molecule is CCC(C)CN(CC)c1ncc(C=O)cc1C. The first kappa shape index (κ1) is 13.7. The van der Waals surface area contributed by atoms with Crippen molar-refractivity contribution in [2.75, 3.05) is 18.0 Å². The number of aryl methyl sites for hydroxylation is 1. The number of aromatic nitrogens is 1. The Kier molecular flexibility index (Phi) is 5.13. The molecule has 0 N–H and O–H groups in total. The standard InChI is InChI=1S/C14H22N2O/c1-5-11(3)9-16(6-2)14-12(4)7-13(10-17)8-15-14/h7-8,10-11H,5-6,9H2,1-4H3. The quantitative estimate of drug-likeness (QED) is 0.709. The van der Waals surface area contributed by atoms with Crippen molar-refractivity contribution in [3.05, 3.63) is 23.4 Å². The highest BCUT2D eigenvalue weighted by Gasteiger charge is 2.12. The lowest BCUT2D eigenvalue weighted by Gasteiger charge is -2.26. The molecule has 0 radical (unpaired) electrons. The van der Waals surface area contributed by atoms with Crippen LogP contribution in [0.25, 0.3) is 0 Å². The Morgan fingerprint density at radius 3 is 2.65 bits per heavy atom. The lowest BCUT2D eigenvalue weighted by Crippen LogP contribution is -2.29. The number of carbonyl (C=O) groups is 1. The molecule has 1 aromatic heterocycles. The molecule has 0 saturated carbocycles. The molecule has 0 aliphatic heterocycles. The van der Waals surface area contributed by atoms with Crippen molar-refractivity contribution < 1.29 is 4.79 Å². The number of rotatable bonds is 6. The molecule has 0 aliphatic rings. The normalized spacial score (nSPS) is 12.2. The Balaban J connectivity index is 2.91. The minimum Gasteiger partial charge on any atom is -0.356 e. The van der Waals surface area contributed by atoms with Crippen molar-refractivity contribution in [3.63, 3.8) is 0 Å². The number of nitrogens with zero attached hydrogens (tertiary/aromatic N) is 2. The van der Waals surface area contributed by atoms with Crippen LogP contribution in [0.15, 0.2) is 12.3 Å². The van der Waals surface area contributed by atoms with E-state index in [2.05, 4.69) is 30.7 Å². The van der Waals surface area contributed by atoms with Crippen LogP contribution >= 0.6 is 0 Å². The highest BCUT2D eigenvalue weighted by molar-refractivity contribution is 5.75. The van der Waals surface area contributed by atoms with E-state index in [1.54, 1.807) is 6.20 Å². The maximum absolute atomic E-state index is 10.7. The average molecular weight is 234 g/mol. The molecular weight excluding hydrogens is 212 g/mol. The summed E-state index contributed by atoms with van der Waals surface area (Å²) in [4.78, 5) is 17.4. The van der Waals surface area contributed by atoms with E-state index in [9.17, 15) is 4.79 Å². The van der Waals surface area contributed by atoms with Gasteiger partial charge in [0.25, 0.3) is 0 Å². The third-order valence-electron chi connectivity index (χ3n) is 3.12. The Hall–Kier alpha value is -1.38. The second-order valence-electron chi connectivity index (χ2n) is 4.58. The largest absolute Gasteiger partial charge is 0.356 e. The molecule has 1 unspecified atom stereocenters. The number of hydrogen-bond donors (Lipinski definition) is 0. The zero-order valence-corrected chi connectivity index (χ0v) is 11.2. The van der Waals surface area contributed by atoms with E-state index in [4.69, 9.17) is 0 Å². The summed E-state index contributed by atoms with van der Waals surface area (Å²) in [7, 11) is 0. The minimum atomic E-state index is 0.644. The van der Waals surface area contributed by atoms with Gasteiger partial charge in [0.1, 0.15) is 5.82 Å². The maximum atomic E-state index is 10.7. The number of aldehydes is 1. The van der Waals surface area contributed by atoms with Crippen LogP contribution in [-0.2, 0) is 0 Å². The molecule has 1 rings (SSSR count). The summed E-state index contributed by atoms with van der Waals surface area (Å²) in [6, 6.07) is 1.90. The molecular formula is C14H22N2O. The summed E-state index contributed by atoms with van der Waals surface area (Å²) in [5, 5.41) is 0. The van der Waals surface area contributed by atoms with Crippen molar-refractivity contribution >= 4 is 12.1 Å². The van der Waals surface area contributed by atoms with Gasteiger partial charge in [-0.25, -0.2) is 4.98 Å². The second-order valence-corrected chi connectivity index (χ2v) is 4.58. The topological polar surface area (TPSA) is 33.2 Å². The molecule has 94 valence electrons. The lowest BCUT2D eigenvalue weighted by atomic mass is 10.1. The van der Waals surface area contributed by atoms with Crippen LogP contribution in [0.2, 0.25) is 0 Å². The fraction of sp³-hybridized carbons (Fsp3) is 0.571. The predicted octanol–water partition coefficient (Wildman–Crippen LogP) is 3.07. The van der Waals surface area contributed by atoms with E-state index in [-0.39, 0.29) is 0 Å². The predicted molar refractivity (Wildman–Crippen MR) is 71.7 cm³/mol. The van der Waals surface area contributed by atoms with Crippen molar-refractivity contribution in [2.45, 2.75) is 34.1 Å². The average Bonchev–Trinajstić information content (AvgIpc) is 2.35. The van der Waals surface area contributed by atoms with Gasteiger partial charge in [-0.1, -0.05) is 20.3 Å². The maximum Gasteiger partial charge on any atom is 0.151 e. The van der Waals surface area contributed by atoms with Gasteiger partial charge < -0.3 is 4.90 Å².